The molecule has 1 aliphatic rings. The summed E-state index contributed by atoms with van der Waals surface area (Å²) in [6.45, 7) is 4.46. The number of aliphatic imine (C=N–C) groups is 1. The van der Waals surface area contributed by atoms with Crippen LogP contribution in [0.5, 0.6) is 5.75 Å². The van der Waals surface area contributed by atoms with Crippen LogP contribution in [0, 0.1) is 0 Å². The molecule has 1 aliphatic carbocycles. The maximum absolute atomic E-state index is 12.1. The van der Waals surface area contributed by atoms with Crippen molar-refractivity contribution in [3.8, 4) is 5.75 Å². The topological polar surface area (TPSA) is 89.8 Å². The Bertz CT molecular complexity index is 824. The van der Waals surface area contributed by atoms with Crippen molar-refractivity contribution in [2.24, 2.45) is 4.99 Å². The molecule has 1 aromatic carbocycles. The Morgan fingerprint density at radius 1 is 1.24 bits per heavy atom. The van der Waals surface area contributed by atoms with Gasteiger partial charge in [-0.15, -0.1) is 11.3 Å². The second kappa shape index (κ2) is 10.2. The monoisotopic (exact) mass is 415 g/mol. The summed E-state index contributed by atoms with van der Waals surface area (Å²) in [4.78, 5) is 25.1. The van der Waals surface area contributed by atoms with Crippen LogP contribution in [-0.4, -0.2) is 53.5 Å². The van der Waals surface area contributed by atoms with Crippen molar-refractivity contribution in [2.75, 3.05) is 26.7 Å². The van der Waals surface area contributed by atoms with Gasteiger partial charge >= 0.3 is 0 Å². The zero-order valence-electron chi connectivity index (χ0n) is 17.1. The standard InChI is InChI=1S/C21H29N5O2S/c1-3-22-21(24-13-12-23-20(28)15-8-10-16(27)11-9-15)26(2)14-19-25-17-6-4-5-7-18(17)29-19/h8-11,27H,3-7,12-14H2,1-2H3,(H,22,24)(H,23,28). The number of amides is 1. The van der Waals surface area contributed by atoms with Gasteiger partial charge < -0.3 is 20.6 Å². The lowest BCUT2D eigenvalue weighted by molar-refractivity contribution is 0.0955. The third-order valence-electron chi connectivity index (χ3n) is 4.75. The van der Waals surface area contributed by atoms with E-state index in [1.54, 1.807) is 12.1 Å². The molecule has 0 bridgehead atoms. The van der Waals surface area contributed by atoms with Crippen LogP contribution in [0.15, 0.2) is 29.3 Å². The molecule has 29 heavy (non-hydrogen) atoms. The lowest BCUT2D eigenvalue weighted by Gasteiger charge is -2.21. The fourth-order valence-electron chi connectivity index (χ4n) is 3.27. The van der Waals surface area contributed by atoms with Gasteiger partial charge in [-0.1, -0.05) is 0 Å². The Hall–Kier alpha value is -2.61. The largest absolute Gasteiger partial charge is 0.508 e. The molecule has 0 fully saturated rings. The number of fused-ring (bicyclic) bond motifs is 1. The molecule has 1 amide bonds. The molecular weight excluding hydrogens is 386 g/mol. The van der Waals surface area contributed by atoms with Crippen LogP contribution in [0.25, 0.3) is 0 Å². The van der Waals surface area contributed by atoms with E-state index in [0.717, 1.165) is 36.9 Å². The number of benzene rings is 1. The van der Waals surface area contributed by atoms with Crippen molar-refractivity contribution < 1.29 is 9.90 Å². The number of phenols is 1. The van der Waals surface area contributed by atoms with Crippen molar-refractivity contribution in [1.82, 2.24) is 20.5 Å². The average molecular weight is 416 g/mol. The summed E-state index contributed by atoms with van der Waals surface area (Å²) in [5.41, 5.74) is 1.80. The maximum Gasteiger partial charge on any atom is 0.251 e. The van der Waals surface area contributed by atoms with E-state index in [4.69, 9.17) is 4.98 Å². The number of nitrogens with zero attached hydrogens (tertiary/aromatic N) is 3. The third-order valence-corrected chi connectivity index (χ3v) is 5.89. The van der Waals surface area contributed by atoms with Gasteiger partial charge in [0.1, 0.15) is 10.8 Å². The van der Waals surface area contributed by atoms with Gasteiger partial charge in [0.05, 0.1) is 18.8 Å². The van der Waals surface area contributed by atoms with Gasteiger partial charge in [0.2, 0.25) is 0 Å². The lowest BCUT2D eigenvalue weighted by Crippen LogP contribution is -2.39. The number of carbonyl (C=O) groups is 1. The van der Waals surface area contributed by atoms with E-state index in [2.05, 4.69) is 20.5 Å². The number of nitrogens with one attached hydrogen (secondary N) is 2. The Morgan fingerprint density at radius 2 is 2.00 bits per heavy atom. The highest BCUT2D eigenvalue weighted by molar-refractivity contribution is 7.11. The van der Waals surface area contributed by atoms with Crippen LogP contribution in [0.1, 0.15) is 45.7 Å². The number of aryl methyl sites for hydroxylation is 2. The maximum atomic E-state index is 12.1. The Balaban J connectivity index is 1.52. The van der Waals surface area contributed by atoms with Crippen molar-refractivity contribution in [1.29, 1.82) is 0 Å². The summed E-state index contributed by atoms with van der Waals surface area (Å²) < 4.78 is 0. The van der Waals surface area contributed by atoms with Gasteiger partial charge in [0.15, 0.2) is 5.96 Å². The predicted molar refractivity (Wildman–Crippen MR) is 117 cm³/mol. The molecular formula is C21H29N5O2S. The Morgan fingerprint density at radius 3 is 2.72 bits per heavy atom. The summed E-state index contributed by atoms with van der Waals surface area (Å²) in [6, 6.07) is 6.20. The molecule has 0 spiro atoms. The van der Waals surface area contributed by atoms with E-state index in [9.17, 15) is 9.90 Å². The average Bonchev–Trinajstić information content (AvgIpc) is 3.12. The predicted octanol–water partition coefficient (Wildman–Crippen LogP) is 2.55. The molecule has 156 valence electrons. The number of carbonyl (C=O) groups excluding carboxylic acids is 1. The smallest absolute Gasteiger partial charge is 0.251 e. The zero-order valence-corrected chi connectivity index (χ0v) is 17.9. The number of aromatic hydroxyl groups is 1. The van der Waals surface area contributed by atoms with Gasteiger partial charge in [0, 0.05) is 30.6 Å². The minimum Gasteiger partial charge on any atom is -0.508 e. The first kappa shape index (κ1) is 21.1. The number of phenolic OH excluding ortho intramolecular Hbond substituents is 1. The number of guanidine groups is 1. The van der Waals surface area contributed by atoms with Crippen molar-refractivity contribution in [3.63, 3.8) is 0 Å². The molecule has 2 aromatic rings. The molecule has 7 nitrogen and oxygen atoms in total. The van der Waals surface area contributed by atoms with Crippen LogP contribution in [-0.2, 0) is 19.4 Å². The summed E-state index contributed by atoms with van der Waals surface area (Å²) in [6.07, 6.45) is 4.77. The van der Waals surface area contributed by atoms with Crippen LogP contribution in [0.2, 0.25) is 0 Å². The lowest BCUT2D eigenvalue weighted by atomic mass is 10.0. The van der Waals surface area contributed by atoms with Gasteiger partial charge in [-0.05, 0) is 56.9 Å². The summed E-state index contributed by atoms with van der Waals surface area (Å²) in [7, 11) is 2.01. The first-order valence-electron chi connectivity index (χ1n) is 10.1. The molecule has 3 N–H and O–H groups in total. The summed E-state index contributed by atoms with van der Waals surface area (Å²) >= 11 is 1.82. The quantitative estimate of drug-likeness (QED) is 0.367. The fourth-order valence-corrected chi connectivity index (χ4v) is 4.48. The van der Waals surface area contributed by atoms with E-state index in [0.29, 0.717) is 18.7 Å². The number of rotatable bonds is 7. The van der Waals surface area contributed by atoms with Crippen LogP contribution in [0.4, 0.5) is 0 Å². The molecule has 0 atom stereocenters. The minimum atomic E-state index is -0.174. The molecule has 0 saturated carbocycles. The third kappa shape index (κ3) is 5.93. The van der Waals surface area contributed by atoms with Gasteiger partial charge in [0.25, 0.3) is 5.91 Å². The molecule has 0 unspecified atom stereocenters. The minimum absolute atomic E-state index is 0.144. The Kier molecular flexibility index (Phi) is 7.46. The highest BCUT2D eigenvalue weighted by atomic mass is 32.1. The Labute approximate surface area is 175 Å². The number of hydrogen-bond donors (Lipinski definition) is 3. The number of aromatic nitrogens is 1. The summed E-state index contributed by atoms with van der Waals surface area (Å²) in [5, 5.41) is 16.6. The van der Waals surface area contributed by atoms with Crippen molar-refractivity contribution in [2.45, 2.75) is 39.2 Å². The van der Waals surface area contributed by atoms with E-state index < -0.39 is 0 Å². The van der Waals surface area contributed by atoms with E-state index in [-0.39, 0.29) is 11.7 Å². The van der Waals surface area contributed by atoms with Gasteiger partial charge in [-0.25, -0.2) is 4.98 Å². The highest BCUT2D eigenvalue weighted by Crippen LogP contribution is 2.27. The second-order valence-corrected chi connectivity index (χ2v) is 8.25. The molecule has 1 heterocycles. The van der Waals surface area contributed by atoms with E-state index in [1.807, 2.05) is 25.3 Å². The van der Waals surface area contributed by atoms with Crippen LogP contribution in [0.3, 0.4) is 0 Å². The second-order valence-electron chi connectivity index (χ2n) is 7.08. The van der Waals surface area contributed by atoms with Gasteiger partial charge in [-0.3, -0.25) is 9.79 Å². The van der Waals surface area contributed by atoms with Crippen LogP contribution < -0.4 is 10.6 Å². The first-order valence-corrected chi connectivity index (χ1v) is 10.9. The number of thiazole rings is 1. The first-order chi connectivity index (χ1) is 14.1. The molecule has 8 heteroatoms. The van der Waals surface area contributed by atoms with Gasteiger partial charge in [-0.2, -0.15) is 0 Å². The zero-order chi connectivity index (χ0) is 20.6. The molecule has 0 saturated heterocycles. The summed E-state index contributed by atoms with van der Waals surface area (Å²) in [5.74, 6) is 0.775. The SMILES string of the molecule is CCNC(=NCCNC(=O)c1ccc(O)cc1)N(C)Cc1nc2c(s1)CCCC2. The molecule has 3 rings (SSSR count). The normalized spacial score (nSPS) is 13.7. The molecule has 1 aromatic heterocycles. The number of hydrogen-bond acceptors (Lipinski definition) is 5. The van der Waals surface area contributed by atoms with Crippen LogP contribution >= 0.6 is 11.3 Å². The molecule has 0 radical (unpaired) electrons. The van der Waals surface area contributed by atoms with E-state index >= 15 is 0 Å². The highest BCUT2D eigenvalue weighted by Gasteiger charge is 2.17. The molecule has 0 aliphatic heterocycles. The van der Waals surface area contributed by atoms with Crippen molar-refractivity contribution in [3.05, 3.63) is 45.4 Å². The fraction of sp³-hybridized carbons (Fsp3) is 0.476. The van der Waals surface area contributed by atoms with Crippen molar-refractivity contribution >= 4 is 23.2 Å². The van der Waals surface area contributed by atoms with E-state index in [1.165, 1.54) is 35.5 Å².